The summed E-state index contributed by atoms with van der Waals surface area (Å²) in [7, 11) is 0. The zero-order valence-corrected chi connectivity index (χ0v) is 8.71. The molecule has 0 unspecified atom stereocenters. The van der Waals surface area contributed by atoms with Crippen LogP contribution in [-0.2, 0) is 0 Å². The van der Waals surface area contributed by atoms with Crippen LogP contribution in [0.2, 0.25) is 0 Å². The van der Waals surface area contributed by atoms with E-state index in [1.807, 2.05) is 0 Å². The summed E-state index contributed by atoms with van der Waals surface area (Å²) in [6, 6.07) is 0. The van der Waals surface area contributed by atoms with Crippen molar-refractivity contribution < 1.29 is 0 Å². The van der Waals surface area contributed by atoms with Crippen LogP contribution in [0.5, 0.6) is 0 Å². The van der Waals surface area contributed by atoms with Gasteiger partial charge in [0.1, 0.15) is 0 Å². The molecule has 8 heavy (non-hydrogen) atoms. The molecule has 0 nitrogen and oxygen atoms in total. The summed E-state index contributed by atoms with van der Waals surface area (Å²) >= 11 is 6.99. The number of halogens is 2. The molecule has 0 aliphatic carbocycles. The highest BCUT2D eigenvalue weighted by Crippen LogP contribution is 2.32. The minimum absolute atomic E-state index is 0.147. The average molecular weight is 244 g/mol. The minimum atomic E-state index is 0.147. The van der Waals surface area contributed by atoms with E-state index in [1.165, 1.54) is 0 Å². The van der Waals surface area contributed by atoms with Crippen LogP contribution in [0.3, 0.4) is 0 Å². The van der Waals surface area contributed by atoms with Gasteiger partial charge in [-0.05, 0) is 19.3 Å². The molecule has 0 amide bonds. The lowest BCUT2D eigenvalue weighted by Gasteiger charge is -2.15. The van der Waals surface area contributed by atoms with Gasteiger partial charge in [-0.15, -0.1) is 0 Å². The van der Waals surface area contributed by atoms with Crippen molar-refractivity contribution in [3.63, 3.8) is 0 Å². The van der Waals surface area contributed by atoms with Gasteiger partial charge in [-0.25, -0.2) is 0 Å². The summed E-state index contributed by atoms with van der Waals surface area (Å²) in [5, 5.41) is 0. The topological polar surface area (TPSA) is 0 Å². The summed E-state index contributed by atoms with van der Waals surface area (Å²) in [6.07, 6.45) is 1.16. The third kappa shape index (κ3) is 6.96. The van der Waals surface area contributed by atoms with Gasteiger partial charge in [-0.3, -0.25) is 0 Å². The van der Waals surface area contributed by atoms with E-state index in [0.717, 1.165) is 12.3 Å². The Labute approximate surface area is 68.3 Å². The molecule has 0 aliphatic heterocycles. The molecule has 0 aromatic carbocycles. The van der Waals surface area contributed by atoms with Gasteiger partial charge in [0.2, 0.25) is 0 Å². The maximum absolute atomic E-state index is 3.50. The lowest BCUT2D eigenvalue weighted by molar-refractivity contribution is 0.575. The van der Waals surface area contributed by atoms with Gasteiger partial charge in [-0.1, -0.05) is 45.7 Å². The van der Waals surface area contributed by atoms with E-state index >= 15 is 0 Å². The largest absolute Gasteiger partial charge is 0.0780 e. The van der Waals surface area contributed by atoms with Gasteiger partial charge in [0.05, 0.1) is 3.23 Å². The normalized spacial score (nSPS) is 12.8. The quantitative estimate of drug-likeness (QED) is 0.651. The van der Waals surface area contributed by atoms with Crippen molar-refractivity contribution in [2.75, 3.05) is 0 Å². The molecule has 0 N–H and O–H groups in total. The van der Waals surface area contributed by atoms with E-state index in [2.05, 4.69) is 52.6 Å². The van der Waals surface area contributed by atoms with Crippen LogP contribution in [0, 0.1) is 5.92 Å². The smallest absolute Gasteiger partial charge is 0.0730 e. The van der Waals surface area contributed by atoms with Gasteiger partial charge in [0, 0.05) is 0 Å². The van der Waals surface area contributed by atoms with Gasteiger partial charge in [-0.2, -0.15) is 0 Å². The monoisotopic (exact) mass is 242 g/mol. The Hall–Kier alpha value is 0.960. The van der Waals surface area contributed by atoms with Crippen LogP contribution in [0.4, 0.5) is 0 Å². The number of alkyl halides is 2. The third-order valence-electron chi connectivity index (χ3n) is 0.767. The molecule has 2 heteroatoms. The van der Waals surface area contributed by atoms with Crippen molar-refractivity contribution in [2.45, 2.75) is 30.4 Å². The van der Waals surface area contributed by atoms with Crippen LogP contribution < -0.4 is 0 Å². The van der Waals surface area contributed by atoms with Crippen molar-refractivity contribution in [1.29, 1.82) is 0 Å². The standard InChI is InChI=1S/C6H12Br2/c1-5(2)4-6(3,7)8/h5H,4H2,1-3H3. The lowest BCUT2D eigenvalue weighted by Crippen LogP contribution is -2.07. The molecule has 0 saturated heterocycles. The maximum atomic E-state index is 3.50. The SMILES string of the molecule is CC(C)CC(C)(Br)Br. The molecular formula is C6H12Br2. The first-order valence-electron chi connectivity index (χ1n) is 2.79. The lowest BCUT2D eigenvalue weighted by atomic mass is 10.1. The number of rotatable bonds is 2. The highest BCUT2D eigenvalue weighted by atomic mass is 79.9. The molecule has 0 heterocycles. The third-order valence-corrected chi connectivity index (χ3v) is 1.41. The molecule has 0 radical (unpaired) electrons. The Balaban J connectivity index is 3.39. The average Bonchev–Trinajstić information content (AvgIpc) is 1.21. The predicted octanol–water partition coefficient (Wildman–Crippen LogP) is 3.54. The number of hydrogen-bond donors (Lipinski definition) is 0. The molecule has 0 saturated carbocycles. The fourth-order valence-corrected chi connectivity index (χ4v) is 2.01. The fourth-order valence-electron chi connectivity index (χ4n) is 0.717. The molecule has 0 rings (SSSR count). The Morgan fingerprint density at radius 3 is 1.75 bits per heavy atom. The minimum Gasteiger partial charge on any atom is -0.0730 e. The molecule has 0 aromatic rings. The summed E-state index contributed by atoms with van der Waals surface area (Å²) < 4.78 is 0.147. The zero-order valence-electron chi connectivity index (χ0n) is 5.54. The van der Waals surface area contributed by atoms with Gasteiger partial charge >= 0.3 is 0 Å². The first-order valence-corrected chi connectivity index (χ1v) is 4.38. The number of hydrogen-bond acceptors (Lipinski definition) is 0. The van der Waals surface area contributed by atoms with Crippen LogP contribution in [0.1, 0.15) is 27.2 Å². The van der Waals surface area contributed by atoms with Crippen molar-refractivity contribution in [2.24, 2.45) is 5.92 Å². The Morgan fingerprint density at radius 2 is 1.75 bits per heavy atom. The van der Waals surface area contributed by atoms with Crippen molar-refractivity contribution in [3.05, 3.63) is 0 Å². The van der Waals surface area contributed by atoms with Crippen LogP contribution in [-0.4, -0.2) is 3.23 Å². The van der Waals surface area contributed by atoms with E-state index in [4.69, 9.17) is 0 Å². The summed E-state index contributed by atoms with van der Waals surface area (Å²) in [6.45, 7) is 6.54. The second-order valence-electron chi connectivity index (χ2n) is 2.67. The van der Waals surface area contributed by atoms with E-state index in [0.29, 0.717) is 0 Å². The first-order chi connectivity index (χ1) is 3.42. The zero-order chi connectivity index (χ0) is 6.78. The second-order valence-corrected chi connectivity index (χ2v) is 7.23. The molecule has 0 atom stereocenters. The molecule has 0 fully saturated rings. The van der Waals surface area contributed by atoms with Crippen molar-refractivity contribution >= 4 is 31.9 Å². The second kappa shape index (κ2) is 3.21. The van der Waals surface area contributed by atoms with Crippen LogP contribution >= 0.6 is 31.9 Å². The Morgan fingerprint density at radius 1 is 1.38 bits per heavy atom. The highest BCUT2D eigenvalue weighted by molar-refractivity contribution is 9.25. The fraction of sp³-hybridized carbons (Fsp3) is 1.00. The van der Waals surface area contributed by atoms with Gasteiger partial charge in [0.25, 0.3) is 0 Å². The van der Waals surface area contributed by atoms with Crippen molar-refractivity contribution in [3.8, 4) is 0 Å². The maximum Gasteiger partial charge on any atom is 0.0780 e. The van der Waals surface area contributed by atoms with E-state index in [1.54, 1.807) is 0 Å². The van der Waals surface area contributed by atoms with Crippen molar-refractivity contribution in [1.82, 2.24) is 0 Å². The van der Waals surface area contributed by atoms with Gasteiger partial charge in [0.15, 0.2) is 0 Å². The summed E-state index contributed by atoms with van der Waals surface area (Å²) in [5.74, 6) is 0.749. The molecule has 0 bridgehead atoms. The molecule has 0 spiro atoms. The summed E-state index contributed by atoms with van der Waals surface area (Å²) in [5.41, 5.74) is 0. The predicted molar refractivity (Wildman–Crippen MR) is 45.7 cm³/mol. The Kier molecular flexibility index (Phi) is 3.60. The molecular weight excluding hydrogens is 232 g/mol. The van der Waals surface area contributed by atoms with Crippen LogP contribution in [0.15, 0.2) is 0 Å². The Bertz CT molecular complexity index is 61.4. The van der Waals surface area contributed by atoms with Gasteiger partial charge < -0.3 is 0 Å². The summed E-state index contributed by atoms with van der Waals surface area (Å²) in [4.78, 5) is 0. The van der Waals surface area contributed by atoms with E-state index in [-0.39, 0.29) is 3.23 Å². The molecule has 50 valence electrons. The van der Waals surface area contributed by atoms with E-state index in [9.17, 15) is 0 Å². The van der Waals surface area contributed by atoms with E-state index < -0.39 is 0 Å². The highest BCUT2D eigenvalue weighted by Gasteiger charge is 2.15. The molecule has 0 aromatic heterocycles. The first kappa shape index (κ1) is 8.96. The van der Waals surface area contributed by atoms with Crippen LogP contribution in [0.25, 0.3) is 0 Å². The molecule has 0 aliphatic rings.